The molecule has 25 heavy (non-hydrogen) atoms. The van der Waals surface area contributed by atoms with Gasteiger partial charge in [-0.25, -0.2) is 0 Å². The molecule has 0 aromatic rings. The van der Waals surface area contributed by atoms with Gasteiger partial charge in [-0.05, 0) is 38.0 Å². The van der Waals surface area contributed by atoms with Crippen LogP contribution in [-0.4, -0.2) is 12.6 Å². The molecule has 0 saturated carbocycles. The summed E-state index contributed by atoms with van der Waals surface area (Å²) in [4.78, 5) is 11.4. The smallest absolute Gasteiger partial charge is 0.306 e. The van der Waals surface area contributed by atoms with Gasteiger partial charge in [0.2, 0.25) is 0 Å². The Bertz CT molecular complexity index is 307. The van der Waals surface area contributed by atoms with E-state index in [1.807, 2.05) is 13.8 Å². The van der Waals surface area contributed by atoms with Crippen molar-refractivity contribution >= 4 is 5.97 Å². The summed E-state index contributed by atoms with van der Waals surface area (Å²) >= 11 is 0. The fraction of sp³-hybridized carbons (Fsp3) is 0.870. The number of unbranched alkanes of at least 4 members (excludes halogenated alkanes) is 12. The molecule has 0 amide bonds. The standard InChI is InChI=1S/C23H44O2/c1-4-5-6-7-8-9-10-11-12-13-14-15-16-17-18-19-20-25-23(24)21-22(2)3/h13-14,22H,4-12,15-21H2,1-3H3. The number of carbonyl (C=O) groups excluding carboxylic acids is 1. The number of rotatable bonds is 18. The normalized spacial score (nSPS) is 11.5. The van der Waals surface area contributed by atoms with Crippen LogP contribution in [0, 0.1) is 5.92 Å². The third kappa shape index (κ3) is 21.2. The van der Waals surface area contributed by atoms with Gasteiger partial charge in [0.05, 0.1) is 6.61 Å². The molecule has 0 aromatic carbocycles. The SMILES string of the molecule is CCCCCCCCCCC=CCCCCCCOC(=O)CC(C)C. The highest BCUT2D eigenvalue weighted by Crippen LogP contribution is 2.10. The number of carbonyl (C=O) groups is 1. The quantitative estimate of drug-likeness (QED) is 0.144. The second-order valence-electron chi connectivity index (χ2n) is 7.76. The van der Waals surface area contributed by atoms with E-state index in [1.54, 1.807) is 0 Å². The van der Waals surface area contributed by atoms with E-state index in [9.17, 15) is 4.79 Å². The van der Waals surface area contributed by atoms with Gasteiger partial charge in [-0.2, -0.15) is 0 Å². The molecule has 2 heteroatoms. The fourth-order valence-electron chi connectivity index (χ4n) is 2.93. The minimum atomic E-state index is -0.0427. The molecule has 0 saturated heterocycles. The summed E-state index contributed by atoms with van der Waals surface area (Å²) in [6.45, 7) is 6.96. The van der Waals surface area contributed by atoms with Crippen LogP contribution in [0.2, 0.25) is 0 Å². The molecule has 0 rings (SSSR count). The van der Waals surface area contributed by atoms with E-state index in [0.717, 1.165) is 6.42 Å². The third-order valence-electron chi connectivity index (χ3n) is 4.49. The monoisotopic (exact) mass is 352 g/mol. The molecule has 0 aliphatic heterocycles. The Kier molecular flexibility index (Phi) is 18.9. The van der Waals surface area contributed by atoms with Gasteiger partial charge >= 0.3 is 5.97 Å². The van der Waals surface area contributed by atoms with E-state index in [1.165, 1.54) is 83.5 Å². The molecule has 148 valence electrons. The first-order valence-corrected chi connectivity index (χ1v) is 11.0. The second-order valence-corrected chi connectivity index (χ2v) is 7.76. The van der Waals surface area contributed by atoms with Crippen molar-refractivity contribution in [2.24, 2.45) is 5.92 Å². The number of allylic oxidation sites excluding steroid dienone is 2. The fourth-order valence-corrected chi connectivity index (χ4v) is 2.93. The Labute approximate surface area is 157 Å². The lowest BCUT2D eigenvalue weighted by atomic mass is 10.1. The molecule has 0 radical (unpaired) electrons. The summed E-state index contributed by atoms with van der Waals surface area (Å²) in [5.74, 6) is 0.351. The lowest BCUT2D eigenvalue weighted by Crippen LogP contribution is -2.08. The first-order valence-electron chi connectivity index (χ1n) is 11.0. The Morgan fingerprint density at radius 3 is 1.76 bits per heavy atom. The van der Waals surface area contributed by atoms with Gasteiger partial charge in [-0.1, -0.05) is 90.7 Å². The van der Waals surface area contributed by atoms with Crippen LogP contribution in [0.4, 0.5) is 0 Å². The van der Waals surface area contributed by atoms with E-state index in [2.05, 4.69) is 19.1 Å². The summed E-state index contributed by atoms with van der Waals surface area (Å²) in [5.41, 5.74) is 0. The molecule has 0 aromatic heterocycles. The van der Waals surface area contributed by atoms with E-state index >= 15 is 0 Å². The molecule has 0 N–H and O–H groups in total. The molecule has 0 heterocycles. The number of esters is 1. The van der Waals surface area contributed by atoms with E-state index in [-0.39, 0.29) is 5.97 Å². The first-order chi connectivity index (χ1) is 12.2. The zero-order valence-corrected chi connectivity index (χ0v) is 17.4. The van der Waals surface area contributed by atoms with Crippen molar-refractivity contribution in [3.63, 3.8) is 0 Å². The second kappa shape index (κ2) is 19.5. The van der Waals surface area contributed by atoms with E-state index < -0.39 is 0 Å². The predicted octanol–water partition coefficient (Wildman–Crippen LogP) is 7.61. The summed E-state index contributed by atoms with van der Waals surface area (Å²) in [6, 6.07) is 0. The van der Waals surface area contributed by atoms with Crippen molar-refractivity contribution in [3.05, 3.63) is 12.2 Å². The van der Waals surface area contributed by atoms with Crippen LogP contribution in [0.3, 0.4) is 0 Å². The van der Waals surface area contributed by atoms with Crippen LogP contribution in [0.15, 0.2) is 12.2 Å². The molecule has 0 spiro atoms. The van der Waals surface area contributed by atoms with Crippen molar-refractivity contribution in [3.8, 4) is 0 Å². The minimum Gasteiger partial charge on any atom is -0.466 e. The van der Waals surface area contributed by atoms with Gasteiger partial charge in [-0.15, -0.1) is 0 Å². The van der Waals surface area contributed by atoms with Crippen LogP contribution in [-0.2, 0) is 9.53 Å². The van der Waals surface area contributed by atoms with Crippen molar-refractivity contribution in [2.45, 2.75) is 117 Å². The van der Waals surface area contributed by atoms with Crippen LogP contribution >= 0.6 is 0 Å². The zero-order valence-electron chi connectivity index (χ0n) is 17.4. The van der Waals surface area contributed by atoms with Gasteiger partial charge in [0.25, 0.3) is 0 Å². The topological polar surface area (TPSA) is 26.3 Å². The maximum atomic E-state index is 11.4. The van der Waals surface area contributed by atoms with Gasteiger partial charge in [0.15, 0.2) is 0 Å². The highest BCUT2D eigenvalue weighted by atomic mass is 16.5. The van der Waals surface area contributed by atoms with Crippen molar-refractivity contribution in [1.82, 2.24) is 0 Å². The Morgan fingerprint density at radius 2 is 1.24 bits per heavy atom. The maximum Gasteiger partial charge on any atom is 0.306 e. The number of hydrogen-bond acceptors (Lipinski definition) is 2. The Hall–Kier alpha value is -0.790. The van der Waals surface area contributed by atoms with Crippen LogP contribution in [0.1, 0.15) is 117 Å². The van der Waals surface area contributed by atoms with Crippen molar-refractivity contribution < 1.29 is 9.53 Å². The van der Waals surface area contributed by atoms with Gasteiger partial charge in [-0.3, -0.25) is 4.79 Å². The van der Waals surface area contributed by atoms with Crippen molar-refractivity contribution in [2.75, 3.05) is 6.61 Å². The summed E-state index contributed by atoms with van der Waals surface area (Å²) in [6.07, 6.45) is 23.6. The summed E-state index contributed by atoms with van der Waals surface area (Å²) < 4.78 is 5.22. The first kappa shape index (κ1) is 24.2. The molecule has 2 nitrogen and oxygen atoms in total. The van der Waals surface area contributed by atoms with Crippen molar-refractivity contribution in [1.29, 1.82) is 0 Å². The average Bonchev–Trinajstić information content (AvgIpc) is 2.57. The number of hydrogen-bond donors (Lipinski definition) is 0. The van der Waals surface area contributed by atoms with Crippen LogP contribution in [0.25, 0.3) is 0 Å². The average molecular weight is 353 g/mol. The lowest BCUT2D eigenvalue weighted by molar-refractivity contribution is -0.144. The summed E-state index contributed by atoms with van der Waals surface area (Å²) in [5, 5.41) is 0. The highest BCUT2D eigenvalue weighted by Gasteiger charge is 2.04. The molecule has 0 unspecified atom stereocenters. The molecule has 0 aliphatic carbocycles. The molecule has 0 bridgehead atoms. The van der Waals surface area contributed by atoms with Crippen LogP contribution in [0.5, 0.6) is 0 Å². The maximum absolute atomic E-state index is 11.4. The van der Waals surface area contributed by atoms with Gasteiger partial charge in [0, 0.05) is 6.42 Å². The molecular formula is C23H44O2. The third-order valence-corrected chi connectivity index (χ3v) is 4.49. The largest absolute Gasteiger partial charge is 0.466 e. The molecule has 0 atom stereocenters. The van der Waals surface area contributed by atoms with Gasteiger partial charge < -0.3 is 4.74 Å². The molecule has 0 aliphatic rings. The van der Waals surface area contributed by atoms with E-state index in [0.29, 0.717) is 18.9 Å². The molecule has 0 fully saturated rings. The number of ether oxygens (including phenoxy) is 1. The lowest BCUT2D eigenvalue weighted by Gasteiger charge is -2.06. The Balaban J connectivity index is 3.17. The van der Waals surface area contributed by atoms with Crippen LogP contribution < -0.4 is 0 Å². The zero-order chi connectivity index (χ0) is 18.6. The minimum absolute atomic E-state index is 0.0427. The highest BCUT2D eigenvalue weighted by molar-refractivity contribution is 5.69. The molecular weight excluding hydrogens is 308 g/mol. The summed E-state index contributed by atoms with van der Waals surface area (Å²) in [7, 11) is 0. The van der Waals surface area contributed by atoms with E-state index in [4.69, 9.17) is 4.74 Å². The predicted molar refractivity (Wildman–Crippen MR) is 110 cm³/mol. The Morgan fingerprint density at radius 1 is 0.760 bits per heavy atom. The van der Waals surface area contributed by atoms with Gasteiger partial charge in [0.1, 0.15) is 0 Å².